The van der Waals surface area contributed by atoms with Gasteiger partial charge in [-0.25, -0.2) is 0 Å². The van der Waals surface area contributed by atoms with E-state index < -0.39 is 0 Å². The van der Waals surface area contributed by atoms with Crippen LogP contribution in [0.2, 0.25) is 0 Å². The molecule has 0 bridgehead atoms. The van der Waals surface area contributed by atoms with E-state index in [9.17, 15) is 0 Å². The van der Waals surface area contributed by atoms with E-state index in [0.717, 1.165) is 25.8 Å². The van der Waals surface area contributed by atoms with Crippen LogP contribution < -0.4 is 15.4 Å². The van der Waals surface area contributed by atoms with Crippen LogP contribution >= 0.6 is 0 Å². The Kier molecular flexibility index (Phi) is 7.74. The second-order valence-electron chi connectivity index (χ2n) is 5.23. The number of aliphatic hydroxyl groups is 1. The SMILES string of the molecule is CCCC(CCO)CNc1nc(NC)nc(OC(C)C)n1. The Morgan fingerprint density at radius 2 is 1.86 bits per heavy atom. The Morgan fingerprint density at radius 3 is 2.43 bits per heavy atom. The first-order valence-electron chi connectivity index (χ1n) is 7.54. The molecule has 0 saturated heterocycles. The van der Waals surface area contributed by atoms with Gasteiger partial charge in [0.1, 0.15) is 0 Å². The van der Waals surface area contributed by atoms with Crippen molar-refractivity contribution in [3.8, 4) is 6.01 Å². The number of aromatic nitrogens is 3. The van der Waals surface area contributed by atoms with E-state index in [4.69, 9.17) is 9.84 Å². The third kappa shape index (κ3) is 6.57. The van der Waals surface area contributed by atoms with Crippen molar-refractivity contribution in [3.63, 3.8) is 0 Å². The topological polar surface area (TPSA) is 92.2 Å². The Labute approximate surface area is 126 Å². The summed E-state index contributed by atoms with van der Waals surface area (Å²) in [5.74, 6) is 1.37. The number of anilines is 2. The minimum absolute atomic E-state index is 0.00665. The number of rotatable bonds is 10. The van der Waals surface area contributed by atoms with Gasteiger partial charge in [-0.3, -0.25) is 0 Å². The van der Waals surface area contributed by atoms with Crippen LogP contribution in [0.5, 0.6) is 6.01 Å². The average Bonchev–Trinajstić information content (AvgIpc) is 2.44. The monoisotopic (exact) mass is 297 g/mol. The molecular formula is C14H27N5O2. The van der Waals surface area contributed by atoms with E-state index in [1.807, 2.05) is 13.8 Å². The van der Waals surface area contributed by atoms with Crippen LogP contribution in [0.1, 0.15) is 40.0 Å². The van der Waals surface area contributed by atoms with Gasteiger partial charge in [0.25, 0.3) is 0 Å². The van der Waals surface area contributed by atoms with Crippen LogP contribution in [0.25, 0.3) is 0 Å². The van der Waals surface area contributed by atoms with Gasteiger partial charge in [0.2, 0.25) is 11.9 Å². The Hall–Kier alpha value is -1.63. The fraction of sp³-hybridized carbons (Fsp3) is 0.786. The first kappa shape index (κ1) is 17.4. The molecule has 1 aromatic heterocycles. The summed E-state index contributed by atoms with van der Waals surface area (Å²) in [4.78, 5) is 12.7. The molecule has 21 heavy (non-hydrogen) atoms. The lowest BCUT2D eigenvalue weighted by molar-refractivity contribution is 0.222. The van der Waals surface area contributed by atoms with Gasteiger partial charge in [0.15, 0.2) is 0 Å². The molecule has 1 aromatic rings. The largest absolute Gasteiger partial charge is 0.461 e. The lowest BCUT2D eigenvalue weighted by Gasteiger charge is -2.16. The molecule has 7 heteroatoms. The first-order valence-corrected chi connectivity index (χ1v) is 7.54. The smallest absolute Gasteiger partial charge is 0.323 e. The molecule has 0 aliphatic carbocycles. The van der Waals surface area contributed by atoms with Gasteiger partial charge >= 0.3 is 6.01 Å². The molecule has 1 rings (SSSR count). The zero-order valence-corrected chi connectivity index (χ0v) is 13.4. The molecule has 7 nitrogen and oxygen atoms in total. The molecule has 0 aliphatic rings. The van der Waals surface area contributed by atoms with E-state index in [1.54, 1.807) is 7.05 Å². The molecule has 0 saturated carbocycles. The summed E-state index contributed by atoms with van der Waals surface area (Å²) in [6, 6.07) is 0.307. The standard InChI is InChI=1S/C14H27N5O2/c1-5-6-11(7-8-20)9-16-13-17-12(15-4)18-14(19-13)21-10(2)3/h10-11,20H,5-9H2,1-4H3,(H2,15,16,17,18,19). The van der Waals surface area contributed by atoms with Crippen molar-refractivity contribution >= 4 is 11.9 Å². The van der Waals surface area contributed by atoms with Crippen molar-refractivity contribution < 1.29 is 9.84 Å². The van der Waals surface area contributed by atoms with Crippen LogP contribution in [0.4, 0.5) is 11.9 Å². The van der Waals surface area contributed by atoms with Gasteiger partial charge in [-0.2, -0.15) is 15.0 Å². The maximum absolute atomic E-state index is 9.09. The maximum Gasteiger partial charge on any atom is 0.323 e. The second kappa shape index (κ2) is 9.33. The molecule has 3 N–H and O–H groups in total. The fourth-order valence-electron chi connectivity index (χ4n) is 1.99. The molecule has 0 spiro atoms. The molecule has 0 aliphatic heterocycles. The summed E-state index contributed by atoms with van der Waals surface area (Å²) in [5, 5.41) is 15.2. The lowest BCUT2D eigenvalue weighted by atomic mass is 10.0. The van der Waals surface area contributed by atoms with Crippen molar-refractivity contribution in [2.45, 2.75) is 46.1 Å². The van der Waals surface area contributed by atoms with Crippen LogP contribution in [0.15, 0.2) is 0 Å². The van der Waals surface area contributed by atoms with E-state index in [-0.39, 0.29) is 12.7 Å². The number of ether oxygens (including phenoxy) is 1. The minimum atomic E-state index is 0.00665. The summed E-state index contributed by atoms with van der Waals surface area (Å²) in [6.45, 7) is 6.92. The third-order valence-electron chi connectivity index (χ3n) is 2.96. The van der Waals surface area contributed by atoms with Crippen molar-refractivity contribution in [3.05, 3.63) is 0 Å². The molecule has 1 unspecified atom stereocenters. The van der Waals surface area contributed by atoms with Crippen molar-refractivity contribution in [1.29, 1.82) is 0 Å². The Bertz CT molecular complexity index is 408. The van der Waals surface area contributed by atoms with Crippen molar-refractivity contribution in [2.24, 2.45) is 5.92 Å². The third-order valence-corrected chi connectivity index (χ3v) is 2.96. The van der Waals surface area contributed by atoms with Gasteiger partial charge < -0.3 is 20.5 Å². The van der Waals surface area contributed by atoms with Gasteiger partial charge in [-0.1, -0.05) is 13.3 Å². The van der Waals surface area contributed by atoms with Crippen molar-refractivity contribution in [1.82, 2.24) is 15.0 Å². The fourth-order valence-corrected chi connectivity index (χ4v) is 1.99. The second-order valence-corrected chi connectivity index (χ2v) is 5.23. The molecule has 0 radical (unpaired) electrons. The van der Waals surface area contributed by atoms with Gasteiger partial charge in [-0.05, 0) is 32.6 Å². The molecule has 120 valence electrons. The predicted octanol–water partition coefficient (Wildman–Crippen LogP) is 1.91. The number of hydrogen-bond donors (Lipinski definition) is 3. The van der Waals surface area contributed by atoms with Gasteiger partial charge in [0.05, 0.1) is 6.10 Å². The summed E-state index contributed by atoms with van der Waals surface area (Å²) in [7, 11) is 1.75. The zero-order chi connectivity index (χ0) is 15.7. The number of aliphatic hydroxyl groups excluding tert-OH is 1. The molecule has 0 amide bonds. The van der Waals surface area contributed by atoms with Crippen LogP contribution in [0, 0.1) is 5.92 Å². The average molecular weight is 297 g/mol. The summed E-state index contributed by atoms with van der Waals surface area (Å²) in [6.07, 6.45) is 2.94. The van der Waals surface area contributed by atoms with Gasteiger partial charge in [-0.15, -0.1) is 0 Å². The van der Waals surface area contributed by atoms with E-state index in [0.29, 0.717) is 23.8 Å². The van der Waals surface area contributed by atoms with Gasteiger partial charge in [0, 0.05) is 20.2 Å². The van der Waals surface area contributed by atoms with E-state index in [1.165, 1.54) is 0 Å². The molecule has 0 fully saturated rings. The number of nitrogens with one attached hydrogen (secondary N) is 2. The Balaban J connectivity index is 2.71. The summed E-state index contributed by atoms with van der Waals surface area (Å²) >= 11 is 0. The highest BCUT2D eigenvalue weighted by atomic mass is 16.5. The van der Waals surface area contributed by atoms with Crippen LogP contribution in [-0.4, -0.2) is 46.4 Å². The highest BCUT2D eigenvalue weighted by Crippen LogP contribution is 2.15. The minimum Gasteiger partial charge on any atom is -0.461 e. The molecular weight excluding hydrogens is 270 g/mol. The Morgan fingerprint density at radius 1 is 1.14 bits per heavy atom. The number of hydrogen-bond acceptors (Lipinski definition) is 7. The molecule has 0 aromatic carbocycles. The van der Waals surface area contributed by atoms with Crippen molar-refractivity contribution in [2.75, 3.05) is 30.8 Å². The summed E-state index contributed by atoms with van der Waals surface area (Å²) < 4.78 is 5.52. The zero-order valence-electron chi connectivity index (χ0n) is 13.4. The maximum atomic E-state index is 9.09. The highest BCUT2D eigenvalue weighted by Gasteiger charge is 2.11. The molecule has 1 atom stereocenters. The highest BCUT2D eigenvalue weighted by molar-refractivity contribution is 5.35. The summed E-state index contributed by atoms with van der Waals surface area (Å²) in [5.41, 5.74) is 0. The predicted molar refractivity (Wildman–Crippen MR) is 83.7 cm³/mol. The van der Waals surface area contributed by atoms with Crippen LogP contribution in [-0.2, 0) is 0 Å². The quantitative estimate of drug-likeness (QED) is 0.607. The van der Waals surface area contributed by atoms with E-state index in [2.05, 4.69) is 32.5 Å². The number of nitrogens with zero attached hydrogens (tertiary/aromatic N) is 3. The lowest BCUT2D eigenvalue weighted by Crippen LogP contribution is -2.18. The first-order chi connectivity index (χ1) is 10.1. The normalized spacial score (nSPS) is 12.3. The molecule has 1 heterocycles. The van der Waals surface area contributed by atoms with Crippen LogP contribution in [0.3, 0.4) is 0 Å². The van der Waals surface area contributed by atoms with E-state index >= 15 is 0 Å².